The van der Waals surface area contributed by atoms with Crippen LogP contribution in [0.25, 0.3) is 0 Å². The highest BCUT2D eigenvalue weighted by Gasteiger charge is 2.18. The molecule has 6 nitrogen and oxygen atoms in total. The van der Waals surface area contributed by atoms with E-state index in [1.165, 1.54) is 19.3 Å². The minimum Gasteiger partial charge on any atom is -0.463 e. The number of carbonyl (C=O) groups is 2. The Bertz CT molecular complexity index is 362. The zero-order valence-corrected chi connectivity index (χ0v) is 14.8. The first-order valence-electron chi connectivity index (χ1n) is 8.32. The van der Waals surface area contributed by atoms with Crippen molar-refractivity contribution in [1.29, 1.82) is 0 Å². The average Bonchev–Trinajstić information content (AvgIpc) is 2.52. The number of hydrogen-bond donors (Lipinski definition) is 0. The van der Waals surface area contributed by atoms with Gasteiger partial charge in [0.1, 0.15) is 5.60 Å². The van der Waals surface area contributed by atoms with E-state index in [9.17, 15) is 9.59 Å². The zero-order valence-electron chi connectivity index (χ0n) is 14.8. The molecule has 0 heterocycles. The van der Waals surface area contributed by atoms with Crippen LogP contribution < -0.4 is 0 Å². The number of hydrogen-bond acceptors (Lipinski definition) is 6. The highest BCUT2D eigenvalue weighted by Crippen LogP contribution is 2.13. The maximum Gasteiger partial charge on any atom is 0.369 e. The fourth-order valence-corrected chi connectivity index (χ4v) is 1.47. The molecule has 0 fully saturated rings. The Morgan fingerprint density at radius 2 is 1.52 bits per heavy atom. The van der Waals surface area contributed by atoms with Crippen molar-refractivity contribution in [3.8, 4) is 0 Å². The van der Waals surface area contributed by atoms with Crippen LogP contribution >= 0.6 is 0 Å². The molecule has 0 rings (SSSR count). The van der Waals surface area contributed by atoms with Crippen LogP contribution in [0.15, 0.2) is 12.2 Å². The van der Waals surface area contributed by atoms with E-state index in [2.05, 4.69) is 16.8 Å². The zero-order chi connectivity index (χ0) is 17.6. The van der Waals surface area contributed by atoms with Crippen molar-refractivity contribution in [2.45, 2.75) is 78.2 Å². The van der Waals surface area contributed by atoms with Gasteiger partial charge in [-0.15, -0.1) is 0 Å². The maximum absolute atomic E-state index is 11.4. The third-order valence-electron chi connectivity index (χ3n) is 3.32. The summed E-state index contributed by atoms with van der Waals surface area (Å²) in [5.41, 5.74) is -0.556. The minimum absolute atomic E-state index is 0.356. The summed E-state index contributed by atoms with van der Waals surface area (Å²) in [4.78, 5) is 31.9. The molecule has 6 heteroatoms. The smallest absolute Gasteiger partial charge is 0.369 e. The summed E-state index contributed by atoms with van der Waals surface area (Å²) in [6.07, 6.45) is 9.32. The molecule has 0 aliphatic rings. The van der Waals surface area contributed by atoms with E-state index in [1.54, 1.807) is 13.8 Å². The Hall–Kier alpha value is -1.40. The average molecular weight is 330 g/mol. The van der Waals surface area contributed by atoms with Crippen molar-refractivity contribution in [2.24, 2.45) is 0 Å². The van der Waals surface area contributed by atoms with Gasteiger partial charge in [-0.1, -0.05) is 46.0 Å². The molecule has 23 heavy (non-hydrogen) atoms. The van der Waals surface area contributed by atoms with Gasteiger partial charge < -0.3 is 4.74 Å². The maximum atomic E-state index is 11.4. The van der Waals surface area contributed by atoms with Gasteiger partial charge in [0.2, 0.25) is 0 Å². The number of unbranched alkanes of at least 4 members (excludes halogenated alkanes) is 5. The minimum atomic E-state index is -0.839. The van der Waals surface area contributed by atoms with E-state index in [0.29, 0.717) is 13.0 Å². The van der Waals surface area contributed by atoms with Crippen LogP contribution in [0.4, 0.5) is 0 Å². The summed E-state index contributed by atoms with van der Waals surface area (Å²) in [7, 11) is 0. The second kappa shape index (κ2) is 13.1. The molecule has 0 saturated heterocycles. The quantitative estimate of drug-likeness (QED) is 0.167. The summed E-state index contributed by atoms with van der Waals surface area (Å²) in [5.74, 6) is -1.42. The number of esters is 1. The third kappa shape index (κ3) is 14.0. The number of carbonyl (C=O) groups excluding carboxylic acids is 2. The first kappa shape index (κ1) is 21.6. The standard InChI is InChI=1S/C17H30O6/c1-5-7-8-9-10-11-14-20-15(18)12-13-16(19)21-23-22-17(3,4)6-2/h12-13H,5-11,14H2,1-4H3. The van der Waals surface area contributed by atoms with Crippen LogP contribution in [0.3, 0.4) is 0 Å². The van der Waals surface area contributed by atoms with Gasteiger partial charge in [-0.3, -0.25) is 4.89 Å². The molecule has 0 amide bonds. The lowest BCUT2D eigenvalue weighted by Crippen LogP contribution is -2.24. The lowest BCUT2D eigenvalue weighted by molar-refractivity contribution is -0.515. The molecular weight excluding hydrogens is 300 g/mol. The second-order valence-electron chi connectivity index (χ2n) is 5.94. The highest BCUT2D eigenvalue weighted by molar-refractivity contribution is 5.91. The first-order chi connectivity index (χ1) is 10.9. The van der Waals surface area contributed by atoms with Gasteiger partial charge in [-0.05, 0) is 31.7 Å². The van der Waals surface area contributed by atoms with Crippen molar-refractivity contribution in [3.63, 3.8) is 0 Å². The predicted octanol–water partition coefficient (Wildman–Crippen LogP) is 4.04. The van der Waals surface area contributed by atoms with E-state index in [4.69, 9.17) is 9.62 Å². The summed E-state index contributed by atoms with van der Waals surface area (Å²) < 4.78 is 4.97. The molecule has 0 aromatic carbocycles. The van der Waals surface area contributed by atoms with Crippen LogP contribution in [0.2, 0.25) is 0 Å². The molecule has 0 aliphatic heterocycles. The molecular formula is C17H30O6. The summed E-state index contributed by atoms with van der Waals surface area (Å²) >= 11 is 0. The van der Waals surface area contributed by atoms with Crippen molar-refractivity contribution in [3.05, 3.63) is 12.2 Å². The van der Waals surface area contributed by atoms with E-state index in [-0.39, 0.29) is 0 Å². The monoisotopic (exact) mass is 330 g/mol. The van der Waals surface area contributed by atoms with E-state index in [1.807, 2.05) is 6.92 Å². The molecule has 0 atom stereocenters. The summed E-state index contributed by atoms with van der Waals surface area (Å²) in [5, 5.41) is 4.38. The lowest BCUT2D eigenvalue weighted by Gasteiger charge is -2.19. The van der Waals surface area contributed by atoms with Crippen molar-refractivity contribution >= 4 is 11.9 Å². The van der Waals surface area contributed by atoms with Gasteiger partial charge in [0, 0.05) is 12.2 Å². The summed E-state index contributed by atoms with van der Waals surface area (Å²) in [6, 6.07) is 0. The normalized spacial score (nSPS) is 11.7. The predicted molar refractivity (Wildman–Crippen MR) is 86.1 cm³/mol. The highest BCUT2D eigenvalue weighted by atomic mass is 17.5. The van der Waals surface area contributed by atoms with Crippen molar-refractivity contribution < 1.29 is 29.1 Å². The molecule has 0 unspecified atom stereocenters. The van der Waals surface area contributed by atoms with Crippen LogP contribution in [-0.2, 0) is 29.1 Å². The first-order valence-corrected chi connectivity index (χ1v) is 8.32. The van der Waals surface area contributed by atoms with E-state index < -0.39 is 17.5 Å². The molecule has 0 bridgehead atoms. The Morgan fingerprint density at radius 1 is 0.913 bits per heavy atom. The van der Waals surface area contributed by atoms with Crippen molar-refractivity contribution in [1.82, 2.24) is 0 Å². The molecule has 0 spiro atoms. The van der Waals surface area contributed by atoms with Crippen molar-refractivity contribution in [2.75, 3.05) is 6.61 Å². The van der Waals surface area contributed by atoms with Gasteiger partial charge >= 0.3 is 11.9 Å². The third-order valence-corrected chi connectivity index (χ3v) is 3.32. The number of ether oxygens (including phenoxy) is 1. The Morgan fingerprint density at radius 3 is 2.17 bits per heavy atom. The Labute approximate surface area is 139 Å². The largest absolute Gasteiger partial charge is 0.463 e. The van der Waals surface area contributed by atoms with Gasteiger partial charge in [0.25, 0.3) is 0 Å². The number of rotatable bonds is 13. The lowest BCUT2D eigenvalue weighted by atomic mass is 10.1. The summed E-state index contributed by atoms with van der Waals surface area (Å²) in [6.45, 7) is 8.01. The fraction of sp³-hybridized carbons (Fsp3) is 0.765. The molecule has 0 aliphatic carbocycles. The van der Waals surface area contributed by atoms with Crippen LogP contribution in [-0.4, -0.2) is 24.1 Å². The van der Waals surface area contributed by atoms with Crippen LogP contribution in [0.5, 0.6) is 0 Å². The molecule has 0 N–H and O–H groups in total. The topological polar surface area (TPSA) is 71.1 Å². The Kier molecular flexibility index (Phi) is 12.3. The van der Waals surface area contributed by atoms with Gasteiger partial charge in [0.15, 0.2) is 0 Å². The van der Waals surface area contributed by atoms with E-state index >= 15 is 0 Å². The fourth-order valence-electron chi connectivity index (χ4n) is 1.47. The van der Waals surface area contributed by atoms with Crippen LogP contribution in [0, 0.1) is 0 Å². The van der Waals surface area contributed by atoms with Crippen LogP contribution in [0.1, 0.15) is 72.6 Å². The Balaban J connectivity index is 3.68. The van der Waals surface area contributed by atoms with Gasteiger partial charge in [-0.2, -0.15) is 4.89 Å². The molecule has 0 aromatic heterocycles. The second-order valence-corrected chi connectivity index (χ2v) is 5.94. The molecule has 0 aromatic rings. The SMILES string of the molecule is CCCCCCCCOC(=O)C=CC(=O)OOOC(C)(C)CC. The molecule has 0 saturated carbocycles. The van der Waals surface area contributed by atoms with Gasteiger partial charge in [-0.25, -0.2) is 9.59 Å². The molecule has 134 valence electrons. The van der Waals surface area contributed by atoms with Gasteiger partial charge in [0.05, 0.1) is 6.61 Å². The van der Waals surface area contributed by atoms with E-state index in [0.717, 1.165) is 31.4 Å². The molecule has 0 radical (unpaired) electrons.